The molecule has 0 saturated heterocycles. The molecule has 0 aliphatic rings. The summed E-state index contributed by atoms with van der Waals surface area (Å²) in [4.78, 5) is 4.17. The fourth-order valence-corrected chi connectivity index (χ4v) is 1.99. The van der Waals surface area contributed by atoms with Gasteiger partial charge in [0.2, 0.25) is 0 Å². The molecule has 3 rings (SSSR count). The first-order valence-corrected chi connectivity index (χ1v) is 5.78. The highest BCUT2D eigenvalue weighted by atomic mass is 15.4. The number of para-hydroxylation sites is 1. The van der Waals surface area contributed by atoms with Crippen LogP contribution in [0.15, 0.2) is 42.7 Å². The van der Waals surface area contributed by atoms with Gasteiger partial charge in [0.1, 0.15) is 5.52 Å². The Balaban J connectivity index is 2.20. The molecule has 90 valence electrons. The molecule has 0 aliphatic carbocycles. The van der Waals surface area contributed by atoms with Gasteiger partial charge in [0.25, 0.3) is 0 Å². The number of aromatic nitrogens is 4. The lowest BCUT2D eigenvalue weighted by molar-refractivity contribution is 0.771. The molecule has 0 radical (unpaired) electrons. The van der Waals surface area contributed by atoms with Gasteiger partial charge in [0.15, 0.2) is 0 Å². The summed E-state index contributed by atoms with van der Waals surface area (Å²) in [5.74, 6) is 0. The van der Waals surface area contributed by atoms with Crippen molar-refractivity contribution in [3.8, 4) is 5.69 Å². The van der Waals surface area contributed by atoms with Gasteiger partial charge in [-0.2, -0.15) is 0 Å². The predicted molar refractivity (Wildman–Crippen MR) is 69.4 cm³/mol. The maximum absolute atomic E-state index is 4.21. The van der Waals surface area contributed by atoms with Crippen molar-refractivity contribution >= 4 is 11.0 Å². The van der Waals surface area contributed by atoms with Gasteiger partial charge in [-0.05, 0) is 30.8 Å². The van der Waals surface area contributed by atoms with Crippen LogP contribution in [0.3, 0.4) is 0 Å². The van der Waals surface area contributed by atoms with E-state index in [9.17, 15) is 0 Å². The Kier molecular flexibility index (Phi) is 2.74. The van der Waals surface area contributed by atoms with Crippen LogP contribution in [-0.4, -0.2) is 27.0 Å². The molecule has 0 fully saturated rings. The van der Waals surface area contributed by atoms with E-state index in [1.807, 2.05) is 48.3 Å². The van der Waals surface area contributed by atoms with E-state index in [0.717, 1.165) is 28.8 Å². The lowest BCUT2D eigenvalue weighted by atomic mass is 10.2. The van der Waals surface area contributed by atoms with Crippen molar-refractivity contribution in [2.45, 2.75) is 6.54 Å². The van der Waals surface area contributed by atoms with Gasteiger partial charge in [-0.1, -0.05) is 17.3 Å². The monoisotopic (exact) mass is 239 g/mol. The van der Waals surface area contributed by atoms with Crippen molar-refractivity contribution in [1.82, 2.24) is 25.3 Å². The van der Waals surface area contributed by atoms with Crippen LogP contribution in [0.4, 0.5) is 0 Å². The van der Waals surface area contributed by atoms with Crippen LogP contribution >= 0.6 is 0 Å². The number of pyridine rings is 1. The van der Waals surface area contributed by atoms with E-state index in [1.54, 1.807) is 6.20 Å². The molecule has 3 aromatic rings. The fraction of sp³-hybridized carbons (Fsp3) is 0.154. The number of rotatable bonds is 3. The highest BCUT2D eigenvalue weighted by molar-refractivity contribution is 5.76. The van der Waals surface area contributed by atoms with E-state index >= 15 is 0 Å². The van der Waals surface area contributed by atoms with Gasteiger partial charge < -0.3 is 5.32 Å². The minimum atomic E-state index is 0.770. The van der Waals surface area contributed by atoms with Crippen LogP contribution < -0.4 is 5.32 Å². The molecule has 5 heteroatoms. The van der Waals surface area contributed by atoms with E-state index in [-0.39, 0.29) is 0 Å². The summed E-state index contributed by atoms with van der Waals surface area (Å²) in [5.41, 5.74) is 3.98. The summed E-state index contributed by atoms with van der Waals surface area (Å²) in [6, 6.07) is 9.89. The zero-order chi connectivity index (χ0) is 12.4. The number of hydrogen-bond acceptors (Lipinski definition) is 4. The van der Waals surface area contributed by atoms with E-state index in [2.05, 4.69) is 20.6 Å². The first-order valence-electron chi connectivity index (χ1n) is 5.78. The third-order valence-electron chi connectivity index (χ3n) is 2.83. The first-order chi connectivity index (χ1) is 8.90. The molecule has 0 aliphatic heterocycles. The summed E-state index contributed by atoms with van der Waals surface area (Å²) in [5, 5.41) is 11.5. The molecule has 1 N–H and O–H groups in total. The lowest BCUT2D eigenvalue weighted by Gasteiger charge is -2.08. The molecule has 0 atom stereocenters. The second-order valence-corrected chi connectivity index (χ2v) is 4.02. The maximum Gasteiger partial charge on any atom is 0.113 e. The average molecular weight is 239 g/mol. The first kappa shape index (κ1) is 10.9. The van der Waals surface area contributed by atoms with Crippen molar-refractivity contribution in [3.63, 3.8) is 0 Å². The van der Waals surface area contributed by atoms with Gasteiger partial charge in [-0.15, -0.1) is 5.10 Å². The predicted octanol–water partition coefficient (Wildman–Crippen LogP) is 1.53. The highest BCUT2D eigenvalue weighted by Gasteiger charge is 2.09. The van der Waals surface area contributed by atoms with Gasteiger partial charge in [-0.25, -0.2) is 4.68 Å². The van der Waals surface area contributed by atoms with Crippen LogP contribution in [0.1, 0.15) is 5.56 Å². The number of fused-ring (bicyclic) bond motifs is 1. The number of benzene rings is 1. The Morgan fingerprint density at radius 1 is 1.22 bits per heavy atom. The fourth-order valence-electron chi connectivity index (χ4n) is 1.99. The summed E-state index contributed by atoms with van der Waals surface area (Å²) in [7, 11) is 1.92. The SMILES string of the molecule is CNCc1ccncc1-n1nnc2ccccc21. The second kappa shape index (κ2) is 4.54. The Hall–Kier alpha value is -2.27. The van der Waals surface area contributed by atoms with Gasteiger partial charge in [0, 0.05) is 12.7 Å². The normalized spacial score (nSPS) is 10.9. The Morgan fingerprint density at radius 2 is 2.11 bits per heavy atom. The lowest BCUT2D eigenvalue weighted by Crippen LogP contribution is -2.10. The highest BCUT2D eigenvalue weighted by Crippen LogP contribution is 2.18. The van der Waals surface area contributed by atoms with Crippen LogP contribution in [0.5, 0.6) is 0 Å². The van der Waals surface area contributed by atoms with E-state index in [4.69, 9.17) is 0 Å². The average Bonchev–Trinajstić information content (AvgIpc) is 2.84. The van der Waals surface area contributed by atoms with Crippen LogP contribution in [0.25, 0.3) is 16.7 Å². The minimum absolute atomic E-state index is 0.770. The van der Waals surface area contributed by atoms with Gasteiger partial charge in [0.05, 0.1) is 17.4 Å². The number of nitrogens with one attached hydrogen (secondary N) is 1. The molecule has 18 heavy (non-hydrogen) atoms. The van der Waals surface area contributed by atoms with Crippen molar-refractivity contribution in [1.29, 1.82) is 0 Å². The summed E-state index contributed by atoms with van der Waals surface area (Å²) in [6.07, 6.45) is 3.60. The molecular weight excluding hydrogens is 226 g/mol. The van der Waals surface area contributed by atoms with E-state index in [1.165, 1.54) is 0 Å². The van der Waals surface area contributed by atoms with E-state index in [0.29, 0.717) is 0 Å². The Bertz CT molecular complexity index is 674. The smallest absolute Gasteiger partial charge is 0.113 e. The van der Waals surface area contributed by atoms with Crippen LogP contribution in [0, 0.1) is 0 Å². The standard InChI is InChI=1S/C13H13N5/c1-14-8-10-6-7-15-9-13(10)18-12-5-3-2-4-11(12)16-17-18/h2-7,9,14H,8H2,1H3. The maximum atomic E-state index is 4.21. The molecule has 5 nitrogen and oxygen atoms in total. The molecule has 2 aromatic heterocycles. The third kappa shape index (κ3) is 1.74. The quantitative estimate of drug-likeness (QED) is 0.753. The summed E-state index contributed by atoms with van der Waals surface area (Å²) >= 11 is 0. The molecular formula is C13H13N5. The summed E-state index contributed by atoms with van der Waals surface area (Å²) < 4.78 is 1.83. The second-order valence-electron chi connectivity index (χ2n) is 4.02. The van der Waals surface area contributed by atoms with Crippen molar-refractivity contribution in [2.24, 2.45) is 0 Å². The minimum Gasteiger partial charge on any atom is -0.316 e. The number of hydrogen-bond donors (Lipinski definition) is 1. The molecule has 0 unspecified atom stereocenters. The molecule has 0 amide bonds. The summed E-state index contributed by atoms with van der Waals surface area (Å²) in [6.45, 7) is 0.770. The topological polar surface area (TPSA) is 55.6 Å². The Labute approximate surface area is 104 Å². The van der Waals surface area contributed by atoms with Crippen LogP contribution in [0.2, 0.25) is 0 Å². The van der Waals surface area contributed by atoms with Crippen molar-refractivity contribution in [2.75, 3.05) is 7.05 Å². The van der Waals surface area contributed by atoms with E-state index < -0.39 is 0 Å². The molecule has 0 saturated carbocycles. The zero-order valence-corrected chi connectivity index (χ0v) is 10.0. The van der Waals surface area contributed by atoms with Crippen molar-refractivity contribution in [3.05, 3.63) is 48.3 Å². The molecule has 0 bridgehead atoms. The van der Waals surface area contributed by atoms with Crippen LogP contribution in [-0.2, 0) is 6.54 Å². The largest absolute Gasteiger partial charge is 0.316 e. The zero-order valence-electron chi connectivity index (χ0n) is 10.0. The van der Waals surface area contributed by atoms with Gasteiger partial charge in [-0.3, -0.25) is 4.98 Å². The molecule has 0 spiro atoms. The molecule has 1 aromatic carbocycles. The molecule has 2 heterocycles. The number of nitrogens with zero attached hydrogens (tertiary/aromatic N) is 4. The Morgan fingerprint density at radius 3 is 3.00 bits per heavy atom. The third-order valence-corrected chi connectivity index (χ3v) is 2.83. The van der Waals surface area contributed by atoms with Gasteiger partial charge >= 0.3 is 0 Å². The van der Waals surface area contributed by atoms with Crippen molar-refractivity contribution < 1.29 is 0 Å².